The minimum atomic E-state index is 0.805. The number of nitrogens with zero attached hydrogens (tertiary/aromatic N) is 2. The van der Waals surface area contributed by atoms with Gasteiger partial charge in [-0.1, -0.05) is 0 Å². The molecular formula is C8H9N3. The lowest BCUT2D eigenvalue weighted by Crippen LogP contribution is -1.85. The number of fused-ring (bicyclic) bond motifs is 1. The number of H-pyrrole nitrogens is 1. The highest BCUT2D eigenvalue weighted by molar-refractivity contribution is 5.78. The number of rotatable bonds is 0. The van der Waals surface area contributed by atoms with E-state index in [4.69, 9.17) is 0 Å². The molecule has 2 heterocycles. The number of hydrogen-bond acceptors (Lipinski definition) is 2. The summed E-state index contributed by atoms with van der Waals surface area (Å²) < 4.78 is 0. The van der Waals surface area contributed by atoms with Gasteiger partial charge in [0.15, 0.2) is 0 Å². The molecule has 0 bridgehead atoms. The molecule has 2 rings (SSSR count). The standard InChI is InChI=1S/C8H9N3/c1-5-3-10-8-7(5)4-9-6(2)11-8/h3-4H,1-2H3,(H,9,10,11). The number of hydrogen-bond donors (Lipinski definition) is 1. The summed E-state index contributed by atoms with van der Waals surface area (Å²) in [6.07, 6.45) is 3.79. The normalized spacial score (nSPS) is 10.7. The van der Waals surface area contributed by atoms with Crippen molar-refractivity contribution in [2.75, 3.05) is 0 Å². The van der Waals surface area contributed by atoms with Crippen molar-refractivity contribution in [2.45, 2.75) is 13.8 Å². The number of nitrogens with one attached hydrogen (secondary N) is 1. The van der Waals surface area contributed by atoms with Crippen molar-refractivity contribution in [1.29, 1.82) is 0 Å². The van der Waals surface area contributed by atoms with Crippen LogP contribution in [0.4, 0.5) is 0 Å². The van der Waals surface area contributed by atoms with Crippen molar-refractivity contribution in [2.24, 2.45) is 0 Å². The number of aromatic nitrogens is 3. The lowest BCUT2D eigenvalue weighted by atomic mass is 10.3. The Labute approximate surface area is 64.5 Å². The quantitative estimate of drug-likeness (QED) is 0.614. The van der Waals surface area contributed by atoms with E-state index in [2.05, 4.69) is 15.0 Å². The largest absolute Gasteiger partial charge is 0.346 e. The lowest BCUT2D eigenvalue weighted by Gasteiger charge is -1.90. The zero-order valence-corrected chi connectivity index (χ0v) is 6.55. The Hall–Kier alpha value is -1.38. The Kier molecular flexibility index (Phi) is 1.18. The summed E-state index contributed by atoms with van der Waals surface area (Å²) in [6.45, 7) is 3.92. The van der Waals surface area contributed by atoms with Crippen LogP contribution in [0.25, 0.3) is 11.0 Å². The summed E-state index contributed by atoms with van der Waals surface area (Å²) in [6, 6.07) is 0. The van der Waals surface area contributed by atoms with Crippen LogP contribution in [0.3, 0.4) is 0 Å². The fraction of sp³-hybridized carbons (Fsp3) is 0.250. The first kappa shape index (κ1) is 6.34. The van der Waals surface area contributed by atoms with E-state index in [0.29, 0.717) is 0 Å². The minimum absolute atomic E-state index is 0.805. The topological polar surface area (TPSA) is 41.6 Å². The molecule has 0 aliphatic rings. The van der Waals surface area contributed by atoms with Crippen LogP contribution in [0.15, 0.2) is 12.4 Å². The molecule has 2 aromatic heterocycles. The molecule has 0 aliphatic heterocycles. The van der Waals surface area contributed by atoms with Gasteiger partial charge >= 0.3 is 0 Å². The van der Waals surface area contributed by atoms with Crippen molar-refractivity contribution < 1.29 is 0 Å². The van der Waals surface area contributed by atoms with E-state index in [9.17, 15) is 0 Å². The van der Waals surface area contributed by atoms with Crippen molar-refractivity contribution in [1.82, 2.24) is 15.0 Å². The van der Waals surface area contributed by atoms with Gasteiger partial charge in [0.2, 0.25) is 0 Å². The first-order valence-corrected chi connectivity index (χ1v) is 3.55. The van der Waals surface area contributed by atoms with E-state index in [0.717, 1.165) is 16.9 Å². The summed E-state index contributed by atoms with van der Waals surface area (Å²) in [4.78, 5) is 11.4. The molecule has 1 N–H and O–H groups in total. The predicted molar refractivity (Wildman–Crippen MR) is 43.4 cm³/mol. The van der Waals surface area contributed by atoms with Gasteiger partial charge < -0.3 is 4.98 Å². The van der Waals surface area contributed by atoms with E-state index in [1.165, 1.54) is 5.56 Å². The number of aromatic amines is 1. The molecule has 0 aliphatic carbocycles. The molecule has 3 nitrogen and oxygen atoms in total. The first-order valence-electron chi connectivity index (χ1n) is 3.55. The van der Waals surface area contributed by atoms with E-state index in [1.54, 1.807) is 0 Å². The maximum atomic E-state index is 4.23. The van der Waals surface area contributed by atoms with Crippen LogP contribution >= 0.6 is 0 Å². The molecule has 0 saturated heterocycles. The molecular weight excluding hydrogens is 138 g/mol. The highest BCUT2D eigenvalue weighted by atomic mass is 14.9. The second-order valence-corrected chi connectivity index (χ2v) is 2.65. The van der Waals surface area contributed by atoms with Crippen molar-refractivity contribution in [3.63, 3.8) is 0 Å². The summed E-state index contributed by atoms with van der Waals surface area (Å²) in [5.41, 5.74) is 2.12. The van der Waals surface area contributed by atoms with Gasteiger partial charge in [0.05, 0.1) is 0 Å². The predicted octanol–water partition coefficient (Wildman–Crippen LogP) is 1.57. The van der Waals surface area contributed by atoms with Crippen LogP contribution in [0.2, 0.25) is 0 Å². The summed E-state index contributed by atoms with van der Waals surface area (Å²) in [7, 11) is 0. The van der Waals surface area contributed by atoms with Gasteiger partial charge in [-0.25, -0.2) is 9.97 Å². The molecule has 0 saturated carbocycles. The van der Waals surface area contributed by atoms with Gasteiger partial charge in [0.1, 0.15) is 11.5 Å². The van der Waals surface area contributed by atoms with Gasteiger partial charge in [-0.3, -0.25) is 0 Å². The monoisotopic (exact) mass is 147 g/mol. The molecule has 0 atom stereocenters. The zero-order valence-electron chi connectivity index (χ0n) is 6.55. The molecule has 0 unspecified atom stereocenters. The third-order valence-corrected chi connectivity index (χ3v) is 1.76. The van der Waals surface area contributed by atoms with Crippen LogP contribution in [0.1, 0.15) is 11.4 Å². The third-order valence-electron chi connectivity index (χ3n) is 1.76. The van der Waals surface area contributed by atoms with Gasteiger partial charge in [-0.2, -0.15) is 0 Å². The van der Waals surface area contributed by atoms with Crippen LogP contribution < -0.4 is 0 Å². The summed E-state index contributed by atoms with van der Waals surface area (Å²) in [5, 5.41) is 1.11. The Morgan fingerprint density at radius 2 is 2.18 bits per heavy atom. The zero-order chi connectivity index (χ0) is 7.84. The number of aryl methyl sites for hydroxylation is 2. The Bertz CT molecular complexity index is 389. The lowest BCUT2D eigenvalue weighted by molar-refractivity contribution is 1.08. The third kappa shape index (κ3) is 0.888. The van der Waals surface area contributed by atoms with E-state index in [1.807, 2.05) is 26.2 Å². The maximum absolute atomic E-state index is 4.23. The highest BCUT2D eigenvalue weighted by Crippen LogP contribution is 2.13. The molecule has 0 amide bonds. The Balaban J connectivity index is 2.86. The molecule has 0 radical (unpaired) electrons. The molecule has 0 spiro atoms. The molecule has 56 valence electrons. The second-order valence-electron chi connectivity index (χ2n) is 2.65. The SMILES string of the molecule is Cc1ncc2c(C)c[nH]c2n1. The van der Waals surface area contributed by atoms with Crippen molar-refractivity contribution in [3.05, 3.63) is 23.8 Å². The fourth-order valence-electron chi connectivity index (χ4n) is 1.12. The van der Waals surface area contributed by atoms with Crippen molar-refractivity contribution >= 4 is 11.0 Å². The summed E-state index contributed by atoms with van der Waals surface area (Å²) >= 11 is 0. The second kappa shape index (κ2) is 2.05. The van der Waals surface area contributed by atoms with Crippen LogP contribution in [0, 0.1) is 13.8 Å². The van der Waals surface area contributed by atoms with E-state index >= 15 is 0 Å². The van der Waals surface area contributed by atoms with Gasteiger partial charge in [-0.05, 0) is 19.4 Å². The Morgan fingerprint density at radius 3 is 3.00 bits per heavy atom. The van der Waals surface area contributed by atoms with Crippen LogP contribution in [0.5, 0.6) is 0 Å². The molecule has 3 heteroatoms. The van der Waals surface area contributed by atoms with Gasteiger partial charge in [0, 0.05) is 17.8 Å². The van der Waals surface area contributed by atoms with Crippen molar-refractivity contribution in [3.8, 4) is 0 Å². The van der Waals surface area contributed by atoms with E-state index < -0.39 is 0 Å². The van der Waals surface area contributed by atoms with E-state index in [-0.39, 0.29) is 0 Å². The molecule has 0 aromatic carbocycles. The smallest absolute Gasteiger partial charge is 0.141 e. The molecule has 0 fully saturated rings. The van der Waals surface area contributed by atoms with Gasteiger partial charge in [0.25, 0.3) is 0 Å². The van der Waals surface area contributed by atoms with Gasteiger partial charge in [-0.15, -0.1) is 0 Å². The maximum Gasteiger partial charge on any atom is 0.141 e. The summed E-state index contributed by atoms with van der Waals surface area (Å²) in [5.74, 6) is 0.805. The van der Waals surface area contributed by atoms with Crippen LogP contribution in [-0.2, 0) is 0 Å². The fourth-order valence-corrected chi connectivity index (χ4v) is 1.12. The highest BCUT2D eigenvalue weighted by Gasteiger charge is 1.99. The minimum Gasteiger partial charge on any atom is -0.346 e. The average Bonchev–Trinajstić information content (AvgIpc) is 2.32. The molecule has 2 aromatic rings. The van der Waals surface area contributed by atoms with Crippen LogP contribution in [-0.4, -0.2) is 15.0 Å². The molecule has 11 heavy (non-hydrogen) atoms. The average molecular weight is 147 g/mol. The first-order chi connectivity index (χ1) is 5.27. The Morgan fingerprint density at radius 1 is 1.36 bits per heavy atom.